The molecule has 0 aromatic heterocycles. The van der Waals surface area contributed by atoms with Crippen molar-refractivity contribution in [3.63, 3.8) is 0 Å². The van der Waals surface area contributed by atoms with Crippen molar-refractivity contribution < 1.29 is 38.7 Å². The van der Waals surface area contributed by atoms with E-state index in [1.807, 2.05) is 38.1 Å². The molecule has 1 saturated carbocycles. The maximum atomic E-state index is 9.55. The van der Waals surface area contributed by atoms with Gasteiger partial charge in [-0.2, -0.15) is 0 Å². The van der Waals surface area contributed by atoms with Crippen molar-refractivity contribution in [2.24, 2.45) is 0 Å². The van der Waals surface area contributed by atoms with E-state index in [1.54, 1.807) is 0 Å². The Morgan fingerprint density at radius 1 is 0.919 bits per heavy atom. The Hall–Kier alpha value is -3.08. The molecule has 0 spiro atoms. The Kier molecular flexibility index (Phi) is 10.8. The first-order valence-corrected chi connectivity index (χ1v) is 12.2. The standard InChI is InChI=1S/C24H31NO4.C4H4O4/c1-24(2)28-22-20(25-16-18-9-5-3-6-10-18)15-21(23(22)29-24)27-14-13-26-17-19-11-7-4-8-12-19;5-3(6)1-2-4(7)8/h3-12,20-23,25H,13-17H2,1-2H3;1-2H,(H,5,6)(H,7,8)/b;2-1+/t20-,21+,22+,23-;/m1./s1. The zero-order chi connectivity index (χ0) is 26.7. The number of hydrogen-bond donors (Lipinski definition) is 3. The second-order valence-electron chi connectivity index (χ2n) is 9.23. The molecular formula is C28H35NO8. The summed E-state index contributed by atoms with van der Waals surface area (Å²) < 4.78 is 24.3. The van der Waals surface area contributed by atoms with Crippen LogP contribution in [0.2, 0.25) is 0 Å². The number of benzene rings is 2. The van der Waals surface area contributed by atoms with Gasteiger partial charge in [0.1, 0.15) is 12.2 Å². The molecule has 4 rings (SSSR count). The summed E-state index contributed by atoms with van der Waals surface area (Å²) >= 11 is 0. The summed E-state index contributed by atoms with van der Waals surface area (Å²) in [4.78, 5) is 19.1. The molecule has 200 valence electrons. The maximum Gasteiger partial charge on any atom is 0.328 e. The predicted octanol–water partition coefficient (Wildman–Crippen LogP) is 3.38. The van der Waals surface area contributed by atoms with Gasteiger partial charge in [-0.25, -0.2) is 9.59 Å². The van der Waals surface area contributed by atoms with Crippen LogP contribution in [0.5, 0.6) is 0 Å². The van der Waals surface area contributed by atoms with Crippen LogP contribution < -0.4 is 5.32 Å². The summed E-state index contributed by atoms with van der Waals surface area (Å²) in [5.41, 5.74) is 2.44. The van der Waals surface area contributed by atoms with E-state index in [9.17, 15) is 9.59 Å². The minimum absolute atomic E-state index is 0.00366. The van der Waals surface area contributed by atoms with Crippen molar-refractivity contribution in [2.45, 2.75) is 63.6 Å². The zero-order valence-corrected chi connectivity index (χ0v) is 21.1. The van der Waals surface area contributed by atoms with Crippen molar-refractivity contribution in [1.82, 2.24) is 5.32 Å². The van der Waals surface area contributed by atoms with E-state index in [0.717, 1.165) is 13.0 Å². The van der Waals surface area contributed by atoms with Crippen molar-refractivity contribution in [2.75, 3.05) is 13.2 Å². The van der Waals surface area contributed by atoms with Gasteiger partial charge in [-0.05, 0) is 31.4 Å². The van der Waals surface area contributed by atoms with Crippen LogP contribution in [0.3, 0.4) is 0 Å². The van der Waals surface area contributed by atoms with Crippen LogP contribution in [0.4, 0.5) is 0 Å². The molecule has 1 saturated heterocycles. The average Bonchev–Trinajstić information content (AvgIpc) is 3.36. The molecule has 37 heavy (non-hydrogen) atoms. The van der Waals surface area contributed by atoms with Crippen molar-refractivity contribution >= 4 is 11.9 Å². The van der Waals surface area contributed by atoms with E-state index in [1.165, 1.54) is 11.1 Å². The number of carboxylic acids is 2. The predicted molar refractivity (Wildman–Crippen MR) is 136 cm³/mol. The van der Waals surface area contributed by atoms with Gasteiger partial charge in [-0.15, -0.1) is 0 Å². The minimum atomic E-state index is -1.26. The molecule has 1 aliphatic heterocycles. The van der Waals surface area contributed by atoms with E-state index >= 15 is 0 Å². The molecule has 0 amide bonds. The highest BCUT2D eigenvalue weighted by Crippen LogP contribution is 2.39. The summed E-state index contributed by atoms with van der Waals surface area (Å²) in [6, 6.07) is 20.8. The summed E-state index contributed by atoms with van der Waals surface area (Å²) in [5.74, 6) is -3.09. The van der Waals surface area contributed by atoms with Crippen LogP contribution in [0.1, 0.15) is 31.4 Å². The molecule has 2 fully saturated rings. The SMILES string of the molecule is CC1(C)O[C@@H]2[C@H](O1)[C@@H](OCCOCc1ccccc1)C[C@H]2NCc1ccccc1.O=C(O)/C=C/C(=O)O. The van der Waals surface area contributed by atoms with Crippen LogP contribution in [0, 0.1) is 0 Å². The Morgan fingerprint density at radius 3 is 2.08 bits per heavy atom. The number of ether oxygens (including phenoxy) is 4. The number of nitrogens with one attached hydrogen (secondary N) is 1. The molecule has 2 aromatic rings. The fraction of sp³-hybridized carbons (Fsp3) is 0.429. The number of fused-ring (bicyclic) bond motifs is 1. The van der Waals surface area contributed by atoms with Gasteiger partial charge in [0.2, 0.25) is 0 Å². The molecule has 2 aromatic carbocycles. The van der Waals surface area contributed by atoms with Crippen molar-refractivity contribution in [1.29, 1.82) is 0 Å². The smallest absolute Gasteiger partial charge is 0.328 e. The zero-order valence-electron chi connectivity index (χ0n) is 21.1. The Bertz CT molecular complexity index is 995. The molecule has 0 bridgehead atoms. The van der Waals surface area contributed by atoms with Gasteiger partial charge in [0, 0.05) is 24.7 Å². The second-order valence-corrected chi connectivity index (χ2v) is 9.23. The normalized spacial score (nSPS) is 23.8. The van der Waals surface area contributed by atoms with E-state index < -0.39 is 17.7 Å². The summed E-state index contributed by atoms with van der Waals surface area (Å²) in [6.07, 6.45) is 1.95. The Labute approximate surface area is 217 Å². The first-order valence-electron chi connectivity index (χ1n) is 12.2. The largest absolute Gasteiger partial charge is 0.478 e. The quantitative estimate of drug-likeness (QED) is 0.306. The van der Waals surface area contributed by atoms with Crippen LogP contribution >= 0.6 is 0 Å². The van der Waals surface area contributed by atoms with E-state index in [4.69, 9.17) is 29.2 Å². The lowest BCUT2D eigenvalue weighted by Gasteiger charge is -2.24. The molecule has 4 atom stereocenters. The molecule has 9 nitrogen and oxygen atoms in total. The topological polar surface area (TPSA) is 124 Å². The monoisotopic (exact) mass is 513 g/mol. The average molecular weight is 514 g/mol. The van der Waals surface area contributed by atoms with Crippen LogP contribution in [-0.2, 0) is 41.7 Å². The highest BCUT2D eigenvalue weighted by atomic mass is 16.8. The fourth-order valence-electron chi connectivity index (χ4n) is 4.31. The molecule has 0 unspecified atom stereocenters. The number of carboxylic acid groups (broad SMARTS) is 2. The first-order chi connectivity index (χ1) is 17.7. The van der Waals surface area contributed by atoms with Gasteiger partial charge in [-0.3, -0.25) is 0 Å². The van der Waals surface area contributed by atoms with Crippen LogP contribution in [0.15, 0.2) is 72.8 Å². The van der Waals surface area contributed by atoms with Gasteiger partial charge >= 0.3 is 11.9 Å². The van der Waals surface area contributed by atoms with Crippen LogP contribution in [0.25, 0.3) is 0 Å². The van der Waals surface area contributed by atoms with Gasteiger partial charge in [0.25, 0.3) is 0 Å². The molecular weight excluding hydrogens is 478 g/mol. The number of aliphatic carboxylic acids is 2. The van der Waals surface area contributed by atoms with Gasteiger partial charge in [0.05, 0.1) is 25.9 Å². The molecule has 0 radical (unpaired) electrons. The van der Waals surface area contributed by atoms with Crippen LogP contribution in [-0.4, -0.2) is 65.5 Å². The third kappa shape index (κ3) is 9.71. The maximum absolute atomic E-state index is 9.55. The molecule has 1 heterocycles. The lowest BCUT2D eigenvalue weighted by Crippen LogP contribution is -2.39. The fourth-order valence-corrected chi connectivity index (χ4v) is 4.31. The lowest BCUT2D eigenvalue weighted by atomic mass is 10.1. The lowest BCUT2D eigenvalue weighted by molar-refractivity contribution is -0.169. The highest BCUT2D eigenvalue weighted by molar-refractivity contribution is 5.89. The first kappa shape index (κ1) is 28.5. The summed E-state index contributed by atoms with van der Waals surface area (Å²) in [6.45, 7) is 6.48. The van der Waals surface area contributed by atoms with Crippen molar-refractivity contribution in [3.8, 4) is 0 Å². The number of carbonyl (C=O) groups is 2. The molecule has 2 aliphatic rings. The molecule has 9 heteroatoms. The van der Waals surface area contributed by atoms with Gasteiger partial charge in [-0.1, -0.05) is 60.7 Å². The van der Waals surface area contributed by atoms with E-state index in [0.29, 0.717) is 32.0 Å². The summed E-state index contributed by atoms with van der Waals surface area (Å²) in [7, 11) is 0. The third-order valence-corrected chi connectivity index (χ3v) is 5.86. The second kappa shape index (κ2) is 14.0. The third-order valence-electron chi connectivity index (χ3n) is 5.86. The van der Waals surface area contributed by atoms with E-state index in [-0.39, 0.29) is 24.4 Å². The van der Waals surface area contributed by atoms with Crippen molar-refractivity contribution in [3.05, 3.63) is 83.9 Å². The molecule has 3 N–H and O–H groups in total. The Balaban J connectivity index is 0.000000414. The summed E-state index contributed by atoms with van der Waals surface area (Å²) in [5, 5.41) is 19.3. The van der Waals surface area contributed by atoms with Gasteiger partial charge < -0.3 is 34.5 Å². The number of hydrogen-bond acceptors (Lipinski definition) is 7. The molecule has 1 aliphatic carbocycles. The Morgan fingerprint density at radius 2 is 1.49 bits per heavy atom. The van der Waals surface area contributed by atoms with Gasteiger partial charge in [0.15, 0.2) is 5.79 Å². The number of rotatable bonds is 11. The highest BCUT2D eigenvalue weighted by Gasteiger charge is 2.54. The van der Waals surface area contributed by atoms with E-state index in [2.05, 4.69) is 41.7 Å². The minimum Gasteiger partial charge on any atom is -0.478 e.